The van der Waals surface area contributed by atoms with E-state index in [9.17, 15) is 18.0 Å². The number of nitrogens with zero attached hydrogens (tertiary/aromatic N) is 5. The quantitative estimate of drug-likeness (QED) is 0.622. The fraction of sp³-hybridized carbons (Fsp3) is 0.227. The summed E-state index contributed by atoms with van der Waals surface area (Å²) in [5.74, 6) is 0.0873. The first-order valence-electron chi connectivity index (χ1n) is 10.0. The van der Waals surface area contributed by atoms with E-state index < -0.39 is 17.9 Å². The second-order valence-electron chi connectivity index (χ2n) is 7.39. The van der Waals surface area contributed by atoms with E-state index in [4.69, 9.17) is 5.26 Å². The van der Waals surface area contributed by atoms with E-state index in [2.05, 4.69) is 25.6 Å². The molecular weight excluding hydrogens is 435 g/mol. The average Bonchev–Trinajstić information content (AvgIpc) is 3.27. The van der Waals surface area contributed by atoms with E-state index in [-0.39, 0.29) is 24.2 Å². The number of amides is 2. The third-order valence-corrected chi connectivity index (χ3v) is 5.04. The van der Waals surface area contributed by atoms with Crippen LogP contribution in [0.5, 0.6) is 0 Å². The van der Waals surface area contributed by atoms with Gasteiger partial charge in [-0.3, -0.25) is 4.98 Å². The Morgan fingerprint density at radius 1 is 1.15 bits per heavy atom. The van der Waals surface area contributed by atoms with Gasteiger partial charge in [-0.15, -0.1) is 0 Å². The normalized spacial score (nSPS) is 15.7. The number of carbonyl (C=O) groups excluding carboxylic acids is 1. The van der Waals surface area contributed by atoms with Gasteiger partial charge in [-0.05, 0) is 36.8 Å². The molecule has 1 saturated heterocycles. The number of anilines is 2. The number of nitrogens with one attached hydrogen (secondary N) is 2. The van der Waals surface area contributed by atoms with Crippen LogP contribution < -0.4 is 15.5 Å². The van der Waals surface area contributed by atoms with E-state index >= 15 is 0 Å². The minimum Gasteiger partial charge on any atom is -0.354 e. The summed E-state index contributed by atoms with van der Waals surface area (Å²) in [6.07, 6.45) is -1.19. The number of alkyl halides is 3. The number of rotatable bonds is 4. The van der Waals surface area contributed by atoms with Crippen molar-refractivity contribution in [2.24, 2.45) is 0 Å². The van der Waals surface area contributed by atoms with Gasteiger partial charge in [0, 0.05) is 48.8 Å². The molecule has 2 aromatic heterocycles. The number of urea groups is 1. The van der Waals surface area contributed by atoms with E-state index in [0.29, 0.717) is 29.8 Å². The lowest BCUT2D eigenvalue weighted by Crippen LogP contribution is -2.39. The Balaban J connectivity index is 1.48. The highest BCUT2D eigenvalue weighted by molar-refractivity contribution is 5.89. The first kappa shape index (κ1) is 22.0. The predicted molar refractivity (Wildman–Crippen MR) is 114 cm³/mol. The van der Waals surface area contributed by atoms with E-state index in [1.807, 2.05) is 6.07 Å². The maximum absolute atomic E-state index is 13.5. The summed E-state index contributed by atoms with van der Waals surface area (Å²) in [6, 6.07) is 11.7. The predicted octanol–water partition coefficient (Wildman–Crippen LogP) is 3.83. The van der Waals surface area contributed by atoms with Crippen molar-refractivity contribution in [3.05, 3.63) is 66.1 Å². The van der Waals surface area contributed by atoms with Crippen molar-refractivity contribution in [3.8, 4) is 17.5 Å². The monoisotopic (exact) mass is 453 g/mol. The number of hydrogen-bond donors (Lipinski definition) is 2. The molecule has 1 fully saturated rings. The van der Waals surface area contributed by atoms with Gasteiger partial charge in [0.2, 0.25) is 0 Å². The maximum atomic E-state index is 13.5. The first-order valence-corrected chi connectivity index (χ1v) is 10.0. The Hall–Kier alpha value is -4.20. The SMILES string of the molecule is N#Cc1cccc(NC(=O)NC2CCN(c3cc(C(F)(F)F)nc(-c4ccncc4)n3)C2)c1. The molecule has 11 heteroatoms. The molecule has 1 atom stereocenters. The maximum Gasteiger partial charge on any atom is 0.433 e. The molecular formula is C22H18F3N7O. The molecule has 2 amide bonds. The number of pyridine rings is 1. The van der Waals surface area contributed by atoms with Crippen molar-refractivity contribution in [2.75, 3.05) is 23.3 Å². The fourth-order valence-electron chi connectivity index (χ4n) is 3.48. The van der Waals surface area contributed by atoms with E-state index in [1.165, 1.54) is 12.4 Å². The van der Waals surface area contributed by atoms with Crippen LogP contribution in [0.15, 0.2) is 54.9 Å². The largest absolute Gasteiger partial charge is 0.433 e. The van der Waals surface area contributed by atoms with Gasteiger partial charge in [0.25, 0.3) is 0 Å². The zero-order chi connectivity index (χ0) is 23.4. The van der Waals surface area contributed by atoms with Gasteiger partial charge in [-0.25, -0.2) is 14.8 Å². The fourth-order valence-corrected chi connectivity index (χ4v) is 3.48. The van der Waals surface area contributed by atoms with Gasteiger partial charge in [0.15, 0.2) is 11.5 Å². The molecule has 0 saturated carbocycles. The molecule has 33 heavy (non-hydrogen) atoms. The Morgan fingerprint density at radius 2 is 1.94 bits per heavy atom. The van der Waals surface area contributed by atoms with Crippen molar-refractivity contribution >= 4 is 17.5 Å². The molecule has 1 unspecified atom stereocenters. The molecule has 0 bridgehead atoms. The molecule has 0 spiro atoms. The molecule has 1 aliphatic rings. The van der Waals surface area contributed by atoms with Crippen LogP contribution in [0.1, 0.15) is 17.7 Å². The lowest BCUT2D eigenvalue weighted by molar-refractivity contribution is -0.141. The number of benzene rings is 1. The molecule has 1 aliphatic heterocycles. The van der Waals surface area contributed by atoms with Crippen LogP contribution in [-0.4, -0.2) is 40.1 Å². The van der Waals surface area contributed by atoms with Crippen LogP contribution in [0.3, 0.4) is 0 Å². The van der Waals surface area contributed by atoms with Crippen molar-refractivity contribution in [1.82, 2.24) is 20.3 Å². The lowest BCUT2D eigenvalue weighted by atomic mass is 10.2. The van der Waals surface area contributed by atoms with E-state index in [0.717, 1.165) is 6.07 Å². The van der Waals surface area contributed by atoms with Crippen LogP contribution in [-0.2, 0) is 6.18 Å². The summed E-state index contributed by atoms with van der Waals surface area (Å²) in [5.41, 5.74) is 0.263. The van der Waals surface area contributed by atoms with Gasteiger partial charge >= 0.3 is 12.2 Å². The molecule has 0 radical (unpaired) electrons. The summed E-state index contributed by atoms with van der Waals surface area (Å²) in [5, 5.41) is 14.4. The molecule has 0 aliphatic carbocycles. The second kappa shape index (κ2) is 9.12. The highest BCUT2D eigenvalue weighted by Crippen LogP contribution is 2.32. The molecule has 168 valence electrons. The van der Waals surface area contributed by atoms with Crippen molar-refractivity contribution < 1.29 is 18.0 Å². The highest BCUT2D eigenvalue weighted by Gasteiger charge is 2.35. The van der Waals surface area contributed by atoms with Crippen LogP contribution in [0.4, 0.5) is 29.5 Å². The van der Waals surface area contributed by atoms with Crippen LogP contribution in [0.25, 0.3) is 11.4 Å². The summed E-state index contributed by atoms with van der Waals surface area (Å²) < 4.78 is 40.4. The van der Waals surface area contributed by atoms with E-state index in [1.54, 1.807) is 41.3 Å². The number of aromatic nitrogens is 3. The molecule has 2 N–H and O–H groups in total. The number of carbonyl (C=O) groups is 1. The average molecular weight is 453 g/mol. The summed E-state index contributed by atoms with van der Waals surface area (Å²) in [4.78, 5) is 25.9. The third-order valence-electron chi connectivity index (χ3n) is 5.04. The lowest BCUT2D eigenvalue weighted by Gasteiger charge is -2.20. The Labute approximate surface area is 187 Å². The zero-order valence-corrected chi connectivity index (χ0v) is 17.2. The number of nitriles is 1. The summed E-state index contributed by atoms with van der Waals surface area (Å²) in [6.45, 7) is 0.703. The van der Waals surface area contributed by atoms with Gasteiger partial charge in [0.1, 0.15) is 5.82 Å². The second-order valence-corrected chi connectivity index (χ2v) is 7.39. The van der Waals surface area contributed by atoms with Gasteiger partial charge < -0.3 is 15.5 Å². The number of halogens is 3. The third kappa shape index (κ3) is 5.35. The first-order chi connectivity index (χ1) is 15.8. The Kier molecular flexibility index (Phi) is 6.08. The van der Waals surface area contributed by atoms with Crippen molar-refractivity contribution in [3.63, 3.8) is 0 Å². The van der Waals surface area contributed by atoms with Gasteiger partial charge in [-0.2, -0.15) is 18.4 Å². The minimum absolute atomic E-state index is 0.0475. The molecule has 8 nitrogen and oxygen atoms in total. The van der Waals surface area contributed by atoms with Gasteiger partial charge in [0.05, 0.1) is 11.6 Å². The van der Waals surface area contributed by atoms with Crippen molar-refractivity contribution in [2.45, 2.75) is 18.6 Å². The van der Waals surface area contributed by atoms with Gasteiger partial charge in [-0.1, -0.05) is 6.07 Å². The molecule has 3 heterocycles. The summed E-state index contributed by atoms with van der Waals surface area (Å²) in [7, 11) is 0. The Bertz CT molecular complexity index is 1190. The number of hydrogen-bond acceptors (Lipinski definition) is 6. The Morgan fingerprint density at radius 3 is 2.67 bits per heavy atom. The van der Waals surface area contributed by atoms with Crippen LogP contribution in [0.2, 0.25) is 0 Å². The van der Waals surface area contributed by atoms with Crippen LogP contribution in [0, 0.1) is 11.3 Å². The highest BCUT2D eigenvalue weighted by atomic mass is 19.4. The topological polar surface area (TPSA) is 107 Å². The molecule has 3 aromatic rings. The summed E-state index contributed by atoms with van der Waals surface area (Å²) >= 11 is 0. The zero-order valence-electron chi connectivity index (χ0n) is 17.2. The smallest absolute Gasteiger partial charge is 0.354 e. The van der Waals surface area contributed by atoms with Crippen molar-refractivity contribution in [1.29, 1.82) is 5.26 Å². The molecule has 1 aromatic carbocycles. The standard InChI is InChI=1S/C22H18F3N7O/c23-22(24,25)18-11-19(31-20(30-18)15-4-7-27-8-5-15)32-9-6-17(13-32)29-21(33)28-16-3-1-2-14(10-16)12-26/h1-5,7-8,10-11,17H,6,9,13H2,(H2,28,29,33). The molecule has 4 rings (SSSR count). The van der Waals surface area contributed by atoms with Crippen LogP contribution >= 0.6 is 0 Å². The minimum atomic E-state index is -4.63.